The Morgan fingerprint density at radius 3 is 2.43 bits per heavy atom. The van der Waals surface area contributed by atoms with Crippen molar-refractivity contribution in [2.45, 2.75) is 13.8 Å². The molecule has 0 saturated heterocycles. The fourth-order valence-corrected chi connectivity index (χ4v) is 2.98. The lowest BCUT2D eigenvalue weighted by atomic mass is 10.1. The van der Waals surface area contributed by atoms with Crippen LogP contribution in [0.1, 0.15) is 34.6 Å². The van der Waals surface area contributed by atoms with Gasteiger partial charge in [-0.05, 0) is 56.3 Å². The zero-order valence-electron chi connectivity index (χ0n) is 15.6. The Bertz CT molecular complexity index is 1030. The Morgan fingerprint density at radius 1 is 1.11 bits per heavy atom. The molecule has 0 radical (unpaired) electrons. The van der Waals surface area contributed by atoms with Gasteiger partial charge >= 0.3 is 0 Å². The summed E-state index contributed by atoms with van der Waals surface area (Å²) < 4.78 is 13.6. The van der Waals surface area contributed by atoms with Crippen LogP contribution < -0.4 is 5.32 Å². The molecule has 6 nitrogen and oxygen atoms in total. The first-order chi connectivity index (χ1) is 13.4. The maximum Gasteiger partial charge on any atom is 0.260 e. The minimum Gasteiger partial charge on any atom is -0.505 e. The van der Waals surface area contributed by atoms with Crippen LogP contribution in [0.25, 0.3) is 10.9 Å². The average molecular weight is 381 g/mol. The molecule has 0 unspecified atom stereocenters. The van der Waals surface area contributed by atoms with Gasteiger partial charge in [0.1, 0.15) is 11.6 Å². The number of nitrogens with zero attached hydrogens (tertiary/aromatic N) is 2. The molecule has 0 saturated carbocycles. The normalized spacial score (nSPS) is 10.7. The summed E-state index contributed by atoms with van der Waals surface area (Å²) in [6, 6.07) is 10.3. The van der Waals surface area contributed by atoms with Crippen molar-refractivity contribution in [1.82, 2.24) is 9.88 Å². The van der Waals surface area contributed by atoms with Crippen LogP contribution in [-0.4, -0.2) is 39.9 Å². The summed E-state index contributed by atoms with van der Waals surface area (Å²) >= 11 is 0. The molecular weight excluding hydrogens is 361 g/mol. The number of aromatic nitrogens is 1. The Hall–Kier alpha value is -3.48. The predicted octanol–water partition coefficient (Wildman–Crippen LogP) is 3.81. The van der Waals surface area contributed by atoms with E-state index in [0.717, 1.165) is 12.3 Å². The second-order valence-electron chi connectivity index (χ2n) is 6.19. The van der Waals surface area contributed by atoms with E-state index in [-0.39, 0.29) is 22.6 Å². The van der Waals surface area contributed by atoms with E-state index >= 15 is 0 Å². The van der Waals surface area contributed by atoms with Crippen LogP contribution in [0.4, 0.5) is 10.1 Å². The molecule has 2 N–H and O–H groups in total. The summed E-state index contributed by atoms with van der Waals surface area (Å²) in [5, 5.41) is 13.0. The molecule has 0 bridgehead atoms. The van der Waals surface area contributed by atoms with Gasteiger partial charge in [0.15, 0.2) is 0 Å². The van der Waals surface area contributed by atoms with Crippen molar-refractivity contribution >= 4 is 28.4 Å². The molecule has 0 atom stereocenters. The molecule has 0 aliphatic carbocycles. The topological polar surface area (TPSA) is 82.5 Å². The molecule has 0 aliphatic heterocycles. The number of nitrogens with one attached hydrogen (secondary N) is 1. The number of aromatic hydroxyl groups is 1. The SMILES string of the molecule is CCN(CC)C(=O)c1ccc(NC(=O)c2c(O)cnc3ccc(F)cc23)cc1. The predicted molar refractivity (Wildman–Crippen MR) is 105 cm³/mol. The molecule has 3 rings (SSSR count). The third-order valence-corrected chi connectivity index (χ3v) is 4.48. The van der Waals surface area contributed by atoms with Crippen LogP contribution in [0, 0.1) is 5.82 Å². The van der Waals surface area contributed by atoms with Crippen molar-refractivity contribution < 1.29 is 19.1 Å². The number of rotatable bonds is 5. The minimum absolute atomic E-state index is 0.0622. The molecule has 0 spiro atoms. The van der Waals surface area contributed by atoms with Crippen molar-refractivity contribution in [2.24, 2.45) is 0 Å². The summed E-state index contributed by atoms with van der Waals surface area (Å²) in [5.74, 6) is -1.56. The number of benzene rings is 2. The standard InChI is InChI=1S/C21H20FN3O3/c1-3-25(4-2)21(28)13-5-8-15(9-6-13)24-20(27)19-16-11-14(22)7-10-17(16)23-12-18(19)26/h5-12,26H,3-4H2,1-2H3,(H,24,27). The molecule has 28 heavy (non-hydrogen) atoms. The van der Waals surface area contributed by atoms with Gasteiger partial charge in [-0.25, -0.2) is 4.39 Å². The van der Waals surface area contributed by atoms with E-state index in [0.29, 0.717) is 29.9 Å². The number of carbonyl (C=O) groups excluding carboxylic acids is 2. The number of pyridine rings is 1. The fourth-order valence-electron chi connectivity index (χ4n) is 2.98. The quantitative estimate of drug-likeness (QED) is 0.704. The summed E-state index contributed by atoms with van der Waals surface area (Å²) in [5.41, 5.74) is 1.29. The molecule has 1 heterocycles. The number of halogens is 1. The smallest absolute Gasteiger partial charge is 0.260 e. The first-order valence-electron chi connectivity index (χ1n) is 8.92. The monoisotopic (exact) mass is 381 g/mol. The van der Waals surface area contributed by atoms with Gasteiger partial charge < -0.3 is 15.3 Å². The molecule has 3 aromatic rings. The van der Waals surface area contributed by atoms with Gasteiger partial charge in [-0.15, -0.1) is 0 Å². The highest BCUT2D eigenvalue weighted by Gasteiger charge is 2.18. The van der Waals surface area contributed by atoms with Crippen LogP contribution >= 0.6 is 0 Å². The average Bonchev–Trinajstić information content (AvgIpc) is 2.69. The Kier molecular flexibility index (Phi) is 5.54. The Morgan fingerprint density at radius 2 is 1.79 bits per heavy atom. The van der Waals surface area contributed by atoms with E-state index in [2.05, 4.69) is 10.3 Å². The molecule has 7 heteroatoms. The van der Waals surface area contributed by atoms with Crippen molar-refractivity contribution in [1.29, 1.82) is 0 Å². The number of carbonyl (C=O) groups is 2. The van der Waals surface area contributed by atoms with Crippen LogP contribution in [0.15, 0.2) is 48.7 Å². The van der Waals surface area contributed by atoms with E-state index in [1.807, 2.05) is 13.8 Å². The molecule has 2 aromatic carbocycles. The number of hydrogen-bond donors (Lipinski definition) is 2. The number of amides is 2. The lowest BCUT2D eigenvalue weighted by Gasteiger charge is -2.18. The van der Waals surface area contributed by atoms with E-state index in [1.54, 1.807) is 29.2 Å². The summed E-state index contributed by atoms with van der Waals surface area (Å²) in [7, 11) is 0. The van der Waals surface area contributed by atoms with Crippen LogP contribution in [0.2, 0.25) is 0 Å². The Labute approximate surface area is 161 Å². The highest BCUT2D eigenvalue weighted by Crippen LogP contribution is 2.27. The number of fused-ring (bicyclic) bond motifs is 1. The maximum absolute atomic E-state index is 13.6. The van der Waals surface area contributed by atoms with Crippen molar-refractivity contribution in [3.63, 3.8) is 0 Å². The second-order valence-corrected chi connectivity index (χ2v) is 6.19. The lowest BCUT2D eigenvalue weighted by Crippen LogP contribution is -2.30. The van der Waals surface area contributed by atoms with Crippen LogP contribution in [-0.2, 0) is 0 Å². The number of anilines is 1. The third-order valence-electron chi connectivity index (χ3n) is 4.48. The van der Waals surface area contributed by atoms with Gasteiger partial charge in [0.25, 0.3) is 11.8 Å². The first-order valence-corrected chi connectivity index (χ1v) is 8.92. The second kappa shape index (κ2) is 8.04. The van der Waals surface area contributed by atoms with Crippen molar-refractivity contribution in [3.8, 4) is 5.75 Å². The number of hydrogen-bond acceptors (Lipinski definition) is 4. The lowest BCUT2D eigenvalue weighted by molar-refractivity contribution is 0.0773. The van der Waals surface area contributed by atoms with Gasteiger partial charge in [-0.1, -0.05) is 0 Å². The van der Waals surface area contributed by atoms with Gasteiger partial charge in [-0.2, -0.15) is 0 Å². The van der Waals surface area contributed by atoms with E-state index in [1.165, 1.54) is 12.1 Å². The highest BCUT2D eigenvalue weighted by molar-refractivity contribution is 6.14. The molecule has 144 valence electrons. The molecule has 0 aliphatic rings. The molecule has 2 amide bonds. The molecular formula is C21H20FN3O3. The zero-order chi connectivity index (χ0) is 20.3. The Balaban J connectivity index is 1.86. The molecule has 1 aromatic heterocycles. The van der Waals surface area contributed by atoms with Crippen molar-refractivity contribution in [3.05, 3.63) is 65.6 Å². The largest absolute Gasteiger partial charge is 0.505 e. The highest BCUT2D eigenvalue weighted by atomic mass is 19.1. The first kappa shape index (κ1) is 19.3. The van der Waals surface area contributed by atoms with E-state index < -0.39 is 11.7 Å². The fraction of sp³-hybridized carbons (Fsp3) is 0.190. The van der Waals surface area contributed by atoms with Crippen LogP contribution in [0.3, 0.4) is 0 Å². The minimum atomic E-state index is -0.599. The van der Waals surface area contributed by atoms with E-state index in [9.17, 15) is 19.1 Å². The van der Waals surface area contributed by atoms with Gasteiger partial charge in [0.05, 0.1) is 17.3 Å². The maximum atomic E-state index is 13.6. The zero-order valence-corrected chi connectivity index (χ0v) is 15.6. The van der Waals surface area contributed by atoms with Crippen molar-refractivity contribution in [2.75, 3.05) is 18.4 Å². The van der Waals surface area contributed by atoms with Gasteiger partial charge in [0, 0.05) is 29.7 Å². The van der Waals surface area contributed by atoms with Crippen LogP contribution in [0.5, 0.6) is 5.75 Å². The molecule has 0 fully saturated rings. The third kappa shape index (κ3) is 3.78. The summed E-state index contributed by atoms with van der Waals surface area (Å²) in [6.45, 7) is 5.03. The van der Waals surface area contributed by atoms with Gasteiger partial charge in [0.2, 0.25) is 0 Å². The van der Waals surface area contributed by atoms with Gasteiger partial charge in [-0.3, -0.25) is 14.6 Å². The summed E-state index contributed by atoms with van der Waals surface area (Å²) in [6.07, 6.45) is 1.15. The van der Waals surface area contributed by atoms with E-state index in [4.69, 9.17) is 0 Å². The summed E-state index contributed by atoms with van der Waals surface area (Å²) in [4.78, 5) is 30.7.